The van der Waals surface area contributed by atoms with Crippen LogP contribution in [0.1, 0.15) is 22.7 Å². The first-order valence-corrected chi connectivity index (χ1v) is 6.30. The van der Waals surface area contributed by atoms with E-state index in [1.807, 2.05) is 48.5 Å². The molecule has 98 valence electrons. The Morgan fingerprint density at radius 1 is 1.11 bits per heavy atom. The standard InChI is InChI=1S/C16H18N2O/c1-12-7-5-6-10-14(12)11-18-15(16(17)19)13-8-3-2-4-9-13/h2-10,15,18H,11H2,1H3,(H2,17,19)/t15-/m0/s1. The van der Waals surface area contributed by atoms with E-state index in [-0.39, 0.29) is 5.91 Å². The summed E-state index contributed by atoms with van der Waals surface area (Å²) in [5.74, 6) is -0.361. The van der Waals surface area contributed by atoms with Gasteiger partial charge in [0.15, 0.2) is 0 Å². The maximum atomic E-state index is 11.6. The number of nitrogens with one attached hydrogen (secondary N) is 1. The van der Waals surface area contributed by atoms with Gasteiger partial charge in [0.2, 0.25) is 5.91 Å². The van der Waals surface area contributed by atoms with Crippen molar-refractivity contribution in [1.82, 2.24) is 5.32 Å². The van der Waals surface area contributed by atoms with Crippen LogP contribution in [0.5, 0.6) is 0 Å². The van der Waals surface area contributed by atoms with Crippen molar-refractivity contribution in [1.29, 1.82) is 0 Å². The molecule has 3 N–H and O–H groups in total. The normalized spacial score (nSPS) is 12.1. The zero-order valence-electron chi connectivity index (χ0n) is 11.0. The molecule has 1 atom stereocenters. The molecule has 2 rings (SSSR count). The molecule has 0 heterocycles. The van der Waals surface area contributed by atoms with Crippen molar-refractivity contribution < 1.29 is 4.79 Å². The van der Waals surface area contributed by atoms with Crippen LogP contribution in [0.15, 0.2) is 54.6 Å². The fourth-order valence-corrected chi connectivity index (χ4v) is 2.05. The van der Waals surface area contributed by atoms with Crippen molar-refractivity contribution in [3.05, 3.63) is 71.3 Å². The van der Waals surface area contributed by atoms with Crippen LogP contribution in [-0.4, -0.2) is 5.91 Å². The highest BCUT2D eigenvalue weighted by molar-refractivity contribution is 5.81. The van der Waals surface area contributed by atoms with Crippen LogP contribution in [0.2, 0.25) is 0 Å². The summed E-state index contributed by atoms with van der Waals surface area (Å²) in [6.45, 7) is 2.67. The van der Waals surface area contributed by atoms with E-state index in [1.54, 1.807) is 0 Å². The molecule has 0 aliphatic heterocycles. The molecule has 0 aliphatic carbocycles. The van der Waals surface area contributed by atoms with E-state index in [0.717, 1.165) is 5.56 Å². The number of aryl methyl sites for hydroxylation is 1. The molecular weight excluding hydrogens is 236 g/mol. The van der Waals surface area contributed by atoms with Crippen molar-refractivity contribution in [2.45, 2.75) is 19.5 Å². The van der Waals surface area contributed by atoms with Crippen LogP contribution in [0.4, 0.5) is 0 Å². The van der Waals surface area contributed by atoms with Crippen LogP contribution >= 0.6 is 0 Å². The van der Waals surface area contributed by atoms with E-state index >= 15 is 0 Å². The van der Waals surface area contributed by atoms with Gasteiger partial charge in [0.05, 0.1) is 0 Å². The first kappa shape index (κ1) is 13.3. The summed E-state index contributed by atoms with van der Waals surface area (Å²) in [6.07, 6.45) is 0. The van der Waals surface area contributed by atoms with E-state index < -0.39 is 6.04 Å². The topological polar surface area (TPSA) is 55.1 Å². The zero-order valence-corrected chi connectivity index (χ0v) is 11.0. The predicted octanol–water partition coefficient (Wildman–Crippen LogP) is 2.31. The first-order valence-electron chi connectivity index (χ1n) is 6.30. The van der Waals surface area contributed by atoms with Gasteiger partial charge in [-0.05, 0) is 23.6 Å². The Morgan fingerprint density at radius 3 is 2.37 bits per heavy atom. The third-order valence-corrected chi connectivity index (χ3v) is 3.18. The maximum absolute atomic E-state index is 11.6. The summed E-state index contributed by atoms with van der Waals surface area (Å²) < 4.78 is 0. The van der Waals surface area contributed by atoms with Crippen LogP contribution in [0, 0.1) is 6.92 Å². The number of amides is 1. The minimum absolute atomic E-state index is 0.361. The van der Waals surface area contributed by atoms with Gasteiger partial charge in [0.1, 0.15) is 6.04 Å². The van der Waals surface area contributed by atoms with Crippen LogP contribution < -0.4 is 11.1 Å². The lowest BCUT2D eigenvalue weighted by atomic mass is 10.0. The highest BCUT2D eigenvalue weighted by Gasteiger charge is 2.16. The molecule has 0 aromatic heterocycles. The Hall–Kier alpha value is -2.13. The quantitative estimate of drug-likeness (QED) is 0.860. The van der Waals surface area contributed by atoms with E-state index in [4.69, 9.17) is 5.73 Å². The fraction of sp³-hybridized carbons (Fsp3) is 0.188. The van der Waals surface area contributed by atoms with Crippen molar-refractivity contribution in [3.8, 4) is 0 Å². The molecule has 2 aromatic rings. The first-order chi connectivity index (χ1) is 9.18. The number of carbonyl (C=O) groups excluding carboxylic acids is 1. The monoisotopic (exact) mass is 254 g/mol. The number of benzene rings is 2. The van der Waals surface area contributed by atoms with Gasteiger partial charge in [-0.3, -0.25) is 10.1 Å². The van der Waals surface area contributed by atoms with E-state index in [2.05, 4.69) is 18.3 Å². The second-order valence-electron chi connectivity index (χ2n) is 4.55. The summed E-state index contributed by atoms with van der Waals surface area (Å²) >= 11 is 0. The minimum atomic E-state index is -0.458. The Labute approximate surface area is 113 Å². The van der Waals surface area contributed by atoms with Gasteiger partial charge in [-0.2, -0.15) is 0 Å². The second kappa shape index (κ2) is 6.16. The molecule has 3 nitrogen and oxygen atoms in total. The van der Waals surface area contributed by atoms with Crippen LogP contribution in [0.25, 0.3) is 0 Å². The molecule has 3 heteroatoms. The molecule has 1 amide bonds. The highest BCUT2D eigenvalue weighted by Crippen LogP contribution is 2.14. The molecule has 19 heavy (non-hydrogen) atoms. The zero-order chi connectivity index (χ0) is 13.7. The van der Waals surface area contributed by atoms with Crippen molar-refractivity contribution >= 4 is 5.91 Å². The lowest BCUT2D eigenvalue weighted by Crippen LogP contribution is -2.33. The third kappa shape index (κ3) is 3.42. The van der Waals surface area contributed by atoms with Gasteiger partial charge in [-0.25, -0.2) is 0 Å². The number of hydrogen-bond donors (Lipinski definition) is 2. The largest absolute Gasteiger partial charge is 0.368 e. The Bertz CT molecular complexity index is 552. The smallest absolute Gasteiger partial charge is 0.239 e. The summed E-state index contributed by atoms with van der Waals surface area (Å²) in [5, 5.41) is 3.22. The average Bonchev–Trinajstić information content (AvgIpc) is 2.42. The molecular formula is C16H18N2O. The van der Waals surface area contributed by atoms with E-state index in [0.29, 0.717) is 6.54 Å². The fourth-order valence-electron chi connectivity index (χ4n) is 2.05. The minimum Gasteiger partial charge on any atom is -0.368 e. The van der Waals surface area contributed by atoms with Crippen molar-refractivity contribution in [2.24, 2.45) is 5.73 Å². The van der Waals surface area contributed by atoms with Crippen molar-refractivity contribution in [2.75, 3.05) is 0 Å². The SMILES string of the molecule is Cc1ccccc1CN[C@H](C(N)=O)c1ccccc1. The molecule has 0 saturated heterocycles. The summed E-state index contributed by atoms with van der Waals surface area (Å²) in [6, 6.07) is 17.2. The van der Waals surface area contributed by atoms with E-state index in [1.165, 1.54) is 11.1 Å². The highest BCUT2D eigenvalue weighted by atomic mass is 16.1. The second-order valence-corrected chi connectivity index (χ2v) is 4.55. The lowest BCUT2D eigenvalue weighted by Gasteiger charge is -2.16. The average molecular weight is 254 g/mol. The van der Waals surface area contributed by atoms with Gasteiger partial charge >= 0.3 is 0 Å². The maximum Gasteiger partial charge on any atom is 0.239 e. The van der Waals surface area contributed by atoms with Crippen molar-refractivity contribution in [3.63, 3.8) is 0 Å². The van der Waals surface area contributed by atoms with E-state index in [9.17, 15) is 4.79 Å². The van der Waals surface area contributed by atoms with Gasteiger partial charge in [-0.1, -0.05) is 54.6 Å². The Morgan fingerprint density at radius 2 is 1.74 bits per heavy atom. The molecule has 0 radical (unpaired) electrons. The molecule has 0 unspecified atom stereocenters. The number of nitrogens with two attached hydrogens (primary N) is 1. The van der Waals surface area contributed by atoms with Gasteiger partial charge in [0, 0.05) is 6.54 Å². The summed E-state index contributed by atoms with van der Waals surface area (Å²) in [7, 11) is 0. The molecule has 0 aliphatic rings. The van der Waals surface area contributed by atoms with Crippen LogP contribution in [0.3, 0.4) is 0 Å². The number of carbonyl (C=O) groups is 1. The molecule has 2 aromatic carbocycles. The molecule has 0 fully saturated rings. The van der Waals surface area contributed by atoms with Crippen LogP contribution in [-0.2, 0) is 11.3 Å². The summed E-state index contributed by atoms with van der Waals surface area (Å²) in [4.78, 5) is 11.6. The third-order valence-electron chi connectivity index (χ3n) is 3.18. The molecule has 0 bridgehead atoms. The summed E-state index contributed by atoms with van der Waals surface area (Å²) in [5.41, 5.74) is 8.73. The lowest BCUT2D eigenvalue weighted by molar-refractivity contribution is -0.120. The predicted molar refractivity (Wildman–Crippen MR) is 76.4 cm³/mol. The number of rotatable bonds is 5. The number of primary amides is 1. The van der Waals surface area contributed by atoms with Gasteiger partial charge < -0.3 is 5.73 Å². The molecule has 0 spiro atoms. The van der Waals surface area contributed by atoms with Gasteiger partial charge in [0.25, 0.3) is 0 Å². The molecule has 0 saturated carbocycles. The Kier molecular flexibility index (Phi) is 4.31. The number of hydrogen-bond acceptors (Lipinski definition) is 2. The van der Waals surface area contributed by atoms with Gasteiger partial charge in [-0.15, -0.1) is 0 Å². The Balaban J connectivity index is 2.11.